The van der Waals surface area contributed by atoms with Gasteiger partial charge in [0.05, 0.1) is 31.2 Å². The summed E-state index contributed by atoms with van der Waals surface area (Å²) in [5.41, 5.74) is 1.08. The van der Waals surface area contributed by atoms with E-state index in [2.05, 4.69) is 0 Å². The van der Waals surface area contributed by atoms with Crippen molar-refractivity contribution in [3.8, 4) is 23.0 Å². The summed E-state index contributed by atoms with van der Waals surface area (Å²) in [6.45, 7) is 0.250. The number of benzene rings is 3. The Morgan fingerprint density at radius 1 is 0.861 bits per heavy atom. The van der Waals surface area contributed by atoms with Crippen molar-refractivity contribution in [2.75, 3.05) is 27.4 Å². The molecular weight excluding hydrogens is 482 g/mol. The van der Waals surface area contributed by atoms with Crippen LogP contribution in [0.2, 0.25) is 0 Å². The highest BCUT2D eigenvalue weighted by Crippen LogP contribution is 2.33. The molecule has 8 nitrogen and oxygen atoms in total. The molecule has 4 rings (SSSR count). The minimum Gasteiger partial charge on any atom is -0.497 e. The third kappa shape index (κ3) is 5.87. The van der Waals surface area contributed by atoms with Crippen LogP contribution in [0.3, 0.4) is 0 Å². The largest absolute Gasteiger partial charge is 0.497 e. The summed E-state index contributed by atoms with van der Waals surface area (Å²) >= 11 is 0.868. The van der Waals surface area contributed by atoms with Crippen molar-refractivity contribution >= 4 is 35.0 Å². The first-order valence-electron chi connectivity index (χ1n) is 11.0. The van der Waals surface area contributed by atoms with Crippen LogP contribution in [0.5, 0.6) is 23.0 Å². The number of carbonyl (C=O) groups is 3. The standard InChI is InChI=1S/C27H23NO7S/c1-32-20-13-9-19(10-14-20)26(30)35-21-11-7-18(8-12-21)17-24-25(29)28(27(31)36-24)15-16-34-23-6-4-3-5-22(23)33-2/h3-14,17H,15-16H2,1-2H3/b24-17-. The molecule has 0 N–H and O–H groups in total. The van der Waals surface area contributed by atoms with Crippen molar-refractivity contribution in [1.82, 2.24) is 4.90 Å². The fourth-order valence-electron chi connectivity index (χ4n) is 3.35. The monoisotopic (exact) mass is 505 g/mol. The summed E-state index contributed by atoms with van der Waals surface area (Å²) < 4.78 is 21.4. The number of para-hydroxylation sites is 2. The molecule has 0 saturated carbocycles. The molecule has 184 valence electrons. The third-order valence-corrected chi connectivity index (χ3v) is 6.14. The van der Waals surface area contributed by atoms with Gasteiger partial charge in [-0.2, -0.15) is 0 Å². The number of imide groups is 1. The average Bonchev–Trinajstić information content (AvgIpc) is 3.17. The topological polar surface area (TPSA) is 91.4 Å². The smallest absolute Gasteiger partial charge is 0.343 e. The average molecular weight is 506 g/mol. The number of thioether (sulfide) groups is 1. The maximum atomic E-state index is 12.8. The van der Waals surface area contributed by atoms with Crippen molar-refractivity contribution in [2.45, 2.75) is 0 Å². The van der Waals surface area contributed by atoms with E-state index in [1.807, 2.05) is 12.1 Å². The summed E-state index contributed by atoms with van der Waals surface area (Å²) in [4.78, 5) is 38.9. The lowest BCUT2D eigenvalue weighted by Gasteiger charge is -2.14. The molecule has 0 radical (unpaired) electrons. The zero-order chi connectivity index (χ0) is 25.5. The Hall–Kier alpha value is -4.24. The predicted octanol–water partition coefficient (Wildman–Crippen LogP) is 5.04. The fraction of sp³-hybridized carbons (Fsp3) is 0.148. The molecule has 3 aromatic carbocycles. The minimum atomic E-state index is -0.498. The summed E-state index contributed by atoms with van der Waals surface area (Å²) in [5.74, 6) is 1.23. The predicted molar refractivity (Wildman–Crippen MR) is 136 cm³/mol. The normalized spacial score (nSPS) is 14.2. The number of methoxy groups -OCH3 is 2. The first-order valence-corrected chi connectivity index (χ1v) is 11.8. The van der Waals surface area contributed by atoms with Gasteiger partial charge in [-0.05, 0) is 71.9 Å². The highest BCUT2D eigenvalue weighted by molar-refractivity contribution is 8.18. The van der Waals surface area contributed by atoms with Crippen LogP contribution >= 0.6 is 11.8 Å². The molecule has 36 heavy (non-hydrogen) atoms. The van der Waals surface area contributed by atoms with Crippen molar-refractivity contribution < 1.29 is 33.3 Å². The lowest BCUT2D eigenvalue weighted by atomic mass is 10.2. The van der Waals surface area contributed by atoms with Crippen LogP contribution in [-0.2, 0) is 4.79 Å². The van der Waals surface area contributed by atoms with E-state index in [0.717, 1.165) is 16.7 Å². The SMILES string of the molecule is COc1ccc(C(=O)Oc2ccc(/C=C3\SC(=O)N(CCOc4ccccc4OC)C3=O)cc2)cc1. The van der Waals surface area contributed by atoms with Crippen molar-refractivity contribution in [3.63, 3.8) is 0 Å². The Balaban J connectivity index is 1.34. The number of hydrogen-bond acceptors (Lipinski definition) is 8. The summed E-state index contributed by atoms with van der Waals surface area (Å²) in [7, 11) is 3.09. The molecule has 1 fully saturated rings. The van der Waals surface area contributed by atoms with Crippen LogP contribution in [0.25, 0.3) is 6.08 Å². The quantitative estimate of drug-likeness (QED) is 0.227. The van der Waals surface area contributed by atoms with Gasteiger partial charge in [-0.1, -0.05) is 24.3 Å². The van der Waals surface area contributed by atoms with Crippen molar-refractivity contribution in [1.29, 1.82) is 0 Å². The molecule has 0 aliphatic carbocycles. The molecule has 3 aromatic rings. The van der Waals surface area contributed by atoms with Gasteiger partial charge >= 0.3 is 5.97 Å². The van der Waals surface area contributed by atoms with E-state index in [1.54, 1.807) is 81.0 Å². The van der Waals surface area contributed by atoms with Gasteiger partial charge in [0, 0.05) is 0 Å². The fourth-order valence-corrected chi connectivity index (χ4v) is 4.22. The van der Waals surface area contributed by atoms with Crippen molar-refractivity contribution in [3.05, 3.63) is 88.8 Å². The van der Waals surface area contributed by atoms with Gasteiger partial charge in [-0.15, -0.1) is 0 Å². The van der Waals surface area contributed by atoms with Crippen LogP contribution in [0.4, 0.5) is 4.79 Å². The van der Waals surface area contributed by atoms with Gasteiger partial charge in [0.1, 0.15) is 18.1 Å². The number of nitrogens with zero attached hydrogens (tertiary/aromatic N) is 1. The zero-order valence-electron chi connectivity index (χ0n) is 19.6. The van der Waals surface area contributed by atoms with Gasteiger partial charge in [0.15, 0.2) is 11.5 Å². The molecule has 0 aromatic heterocycles. The van der Waals surface area contributed by atoms with Crippen LogP contribution in [-0.4, -0.2) is 49.4 Å². The Bertz CT molecular complexity index is 1290. The summed E-state index contributed by atoms with van der Waals surface area (Å²) in [6, 6.07) is 20.4. The Morgan fingerprint density at radius 2 is 1.53 bits per heavy atom. The highest BCUT2D eigenvalue weighted by atomic mass is 32.2. The second kappa shape index (κ2) is 11.5. The molecule has 2 amide bonds. The zero-order valence-corrected chi connectivity index (χ0v) is 20.4. The highest BCUT2D eigenvalue weighted by Gasteiger charge is 2.34. The number of amides is 2. The van der Waals surface area contributed by atoms with Crippen LogP contribution < -0.4 is 18.9 Å². The van der Waals surface area contributed by atoms with E-state index in [-0.39, 0.29) is 24.3 Å². The van der Waals surface area contributed by atoms with E-state index in [1.165, 1.54) is 0 Å². The number of ether oxygens (including phenoxy) is 4. The molecule has 0 spiro atoms. The number of carbonyl (C=O) groups excluding carboxylic acids is 3. The van der Waals surface area contributed by atoms with Crippen LogP contribution in [0.15, 0.2) is 77.7 Å². The van der Waals surface area contributed by atoms with E-state index in [9.17, 15) is 14.4 Å². The molecule has 1 saturated heterocycles. The second-order valence-corrected chi connectivity index (χ2v) is 8.51. The first kappa shape index (κ1) is 24.9. The molecule has 1 aliphatic heterocycles. The summed E-state index contributed by atoms with van der Waals surface area (Å²) in [5, 5.41) is -0.361. The molecule has 9 heteroatoms. The van der Waals surface area contributed by atoms with Crippen molar-refractivity contribution in [2.24, 2.45) is 0 Å². The lowest BCUT2D eigenvalue weighted by molar-refractivity contribution is -0.123. The van der Waals surface area contributed by atoms with Crippen LogP contribution in [0.1, 0.15) is 15.9 Å². The van der Waals surface area contributed by atoms with E-state index < -0.39 is 5.97 Å². The van der Waals surface area contributed by atoms with Gasteiger partial charge in [-0.25, -0.2) is 4.79 Å². The first-order chi connectivity index (χ1) is 17.5. The minimum absolute atomic E-state index is 0.111. The van der Waals surface area contributed by atoms with E-state index in [0.29, 0.717) is 39.0 Å². The number of esters is 1. The van der Waals surface area contributed by atoms with E-state index >= 15 is 0 Å². The molecule has 1 aliphatic rings. The van der Waals surface area contributed by atoms with E-state index in [4.69, 9.17) is 18.9 Å². The molecule has 0 atom stereocenters. The number of rotatable bonds is 9. The van der Waals surface area contributed by atoms with Gasteiger partial charge < -0.3 is 18.9 Å². The van der Waals surface area contributed by atoms with Gasteiger partial charge in [-0.3, -0.25) is 14.5 Å². The Morgan fingerprint density at radius 3 is 2.19 bits per heavy atom. The van der Waals surface area contributed by atoms with Gasteiger partial charge in [0.25, 0.3) is 11.1 Å². The third-order valence-electron chi connectivity index (χ3n) is 5.23. The molecule has 0 bridgehead atoms. The van der Waals surface area contributed by atoms with Crippen LogP contribution in [0, 0.1) is 0 Å². The molecule has 1 heterocycles. The maximum absolute atomic E-state index is 12.8. The number of hydrogen-bond donors (Lipinski definition) is 0. The Kier molecular flexibility index (Phi) is 7.92. The summed E-state index contributed by atoms with van der Waals surface area (Å²) in [6.07, 6.45) is 1.63. The Labute approximate surface area is 212 Å². The molecular formula is C27H23NO7S. The van der Waals surface area contributed by atoms with Gasteiger partial charge in [0.2, 0.25) is 0 Å². The second-order valence-electron chi connectivity index (χ2n) is 7.52. The lowest BCUT2D eigenvalue weighted by Crippen LogP contribution is -2.32. The maximum Gasteiger partial charge on any atom is 0.343 e. The molecule has 0 unspecified atom stereocenters.